The number of nitrogens with two attached hydrogens (primary N) is 1. The van der Waals surface area contributed by atoms with Crippen LogP contribution in [-0.2, 0) is 11.2 Å². The number of amides is 1. The van der Waals surface area contributed by atoms with Gasteiger partial charge in [-0.25, -0.2) is 4.79 Å². The third-order valence-corrected chi connectivity index (χ3v) is 4.56. The van der Waals surface area contributed by atoms with Crippen LogP contribution in [0.25, 0.3) is 0 Å². The Hall–Kier alpha value is -1.62. The van der Waals surface area contributed by atoms with Crippen molar-refractivity contribution in [3.8, 4) is 0 Å². The van der Waals surface area contributed by atoms with Crippen LogP contribution in [0.3, 0.4) is 0 Å². The van der Waals surface area contributed by atoms with Crippen molar-refractivity contribution in [1.29, 1.82) is 0 Å². The number of carbonyl (C=O) groups is 1. The topological polar surface area (TPSA) is 77.2 Å². The predicted molar refractivity (Wildman–Crippen MR) is 95.7 cm³/mol. The van der Waals surface area contributed by atoms with Gasteiger partial charge in [-0.3, -0.25) is 4.98 Å². The number of nitrogens with one attached hydrogen (secondary N) is 1. The Morgan fingerprint density at radius 1 is 1.46 bits per heavy atom. The molecule has 5 nitrogen and oxygen atoms in total. The van der Waals surface area contributed by atoms with E-state index in [1.165, 1.54) is 17.7 Å². The number of rotatable bonds is 9. The maximum absolute atomic E-state index is 11.0. The lowest BCUT2D eigenvalue weighted by Gasteiger charge is -2.25. The summed E-state index contributed by atoms with van der Waals surface area (Å²) < 4.78 is 5.21. The molecule has 5 heteroatoms. The molecule has 0 aliphatic heterocycles. The SMILES string of the molecule is CC(C)CC(CCCCNC1CCCc2cccnc21)OC(N)=O. The number of ether oxygens (including phenoxy) is 1. The van der Waals surface area contributed by atoms with E-state index in [4.69, 9.17) is 10.5 Å². The molecule has 0 saturated heterocycles. The van der Waals surface area contributed by atoms with Crippen molar-refractivity contribution in [3.05, 3.63) is 29.6 Å². The Morgan fingerprint density at radius 3 is 3.04 bits per heavy atom. The summed E-state index contributed by atoms with van der Waals surface area (Å²) in [6, 6.07) is 4.59. The van der Waals surface area contributed by atoms with Crippen molar-refractivity contribution < 1.29 is 9.53 Å². The molecule has 24 heavy (non-hydrogen) atoms. The van der Waals surface area contributed by atoms with Crippen molar-refractivity contribution >= 4 is 6.09 Å². The van der Waals surface area contributed by atoms with Crippen LogP contribution in [0.1, 0.15) is 69.7 Å². The molecule has 0 fully saturated rings. The van der Waals surface area contributed by atoms with Crippen LogP contribution in [0.5, 0.6) is 0 Å². The molecule has 134 valence electrons. The molecule has 0 spiro atoms. The van der Waals surface area contributed by atoms with E-state index in [2.05, 4.69) is 30.2 Å². The van der Waals surface area contributed by atoms with E-state index in [1.807, 2.05) is 12.3 Å². The summed E-state index contributed by atoms with van der Waals surface area (Å²) in [5, 5.41) is 3.64. The molecule has 0 bridgehead atoms. The van der Waals surface area contributed by atoms with Crippen LogP contribution in [0, 0.1) is 5.92 Å². The monoisotopic (exact) mass is 333 g/mol. The first-order valence-corrected chi connectivity index (χ1v) is 9.19. The van der Waals surface area contributed by atoms with Gasteiger partial charge < -0.3 is 15.8 Å². The zero-order chi connectivity index (χ0) is 17.4. The lowest BCUT2D eigenvalue weighted by Crippen LogP contribution is -2.27. The highest BCUT2D eigenvalue weighted by atomic mass is 16.6. The summed E-state index contributed by atoms with van der Waals surface area (Å²) >= 11 is 0. The molecule has 3 N–H and O–H groups in total. The maximum atomic E-state index is 11.0. The number of pyridine rings is 1. The van der Waals surface area contributed by atoms with Gasteiger partial charge in [-0.2, -0.15) is 0 Å². The number of nitrogens with zero attached hydrogens (tertiary/aromatic N) is 1. The number of carbonyl (C=O) groups excluding carboxylic acids is 1. The molecule has 0 aromatic carbocycles. The molecule has 2 unspecified atom stereocenters. The number of fused-ring (bicyclic) bond motifs is 1. The molecule has 1 amide bonds. The first kappa shape index (κ1) is 18.7. The zero-order valence-electron chi connectivity index (χ0n) is 15.0. The second-order valence-electron chi connectivity index (χ2n) is 7.13. The van der Waals surface area contributed by atoms with Crippen LogP contribution in [0.2, 0.25) is 0 Å². The molecule has 1 aromatic rings. The highest BCUT2D eigenvalue weighted by Gasteiger charge is 2.20. The second-order valence-corrected chi connectivity index (χ2v) is 7.13. The van der Waals surface area contributed by atoms with Gasteiger partial charge in [0.1, 0.15) is 6.10 Å². The highest BCUT2D eigenvalue weighted by Crippen LogP contribution is 2.27. The highest BCUT2D eigenvalue weighted by molar-refractivity contribution is 5.64. The molecule has 1 aliphatic rings. The van der Waals surface area contributed by atoms with Gasteiger partial charge in [0.2, 0.25) is 0 Å². The van der Waals surface area contributed by atoms with Gasteiger partial charge in [0.25, 0.3) is 0 Å². The Kier molecular flexibility index (Phi) is 7.50. The van der Waals surface area contributed by atoms with Gasteiger partial charge in [0, 0.05) is 12.2 Å². The first-order chi connectivity index (χ1) is 11.6. The summed E-state index contributed by atoms with van der Waals surface area (Å²) in [6.45, 7) is 5.23. The lowest BCUT2D eigenvalue weighted by molar-refractivity contribution is 0.0863. The van der Waals surface area contributed by atoms with E-state index in [0.717, 1.165) is 45.1 Å². The summed E-state index contributed by atoms with van der Waals surface area (Å²) in [5.41, 5.74) is 7.77. The number of primary amides is 1. The van der Waals surface area contributed by atoms with Gasteiger partial charge in [-0.05, 0) is 69.0 Å². The Bertz CT molecular complexity index is 519. The molecular weight excluding hydrogens is 302 g/mol. The third-order valence-electron chi connectivity index (χ3n) is 4.56. The van der Waals surface area contributed by atoms with E-state index < -0.39 is 6.09 Å². The Balaban J connectivity index is 1.70. The van der Waals surface area contributed by atoms with Gasteiger partial charge in [-0.1, -0.05) is 19.9 Å². The largest absolute Gasteiger partial charge is 0.446 e. The predicted octanol–water partition coefficient (Wildman–Crippen LogP) is 3.73. The number of unbranched alkanes of at least 4 members (excludes halogenated alkanes) is 1. The smallest absolute Gasteiger partial charge is 0.404 e. The van der Waals surface area contributed by atoms with Crippen LogP contribution in [-0.4, -0.2) is 23.7 Å². The fourth-order valence-corrected chi connectivity index (χ4v) is 3.50. The quantitative estimate of drug-likeness (QED) is 0.675. The Morgan fingerprint density at radius 2 is 2.29 bits per heavy atom. The second kappa shape index (κ2) is 9.62. The van der Waals surface area contributed by atoms with Crippen LogP contribution < -0.4 is 11.1 Å². The van der Waals surface area contributed by atoms with Crippen LogP contribution in [0.15, 0.2) is 18.3 Å². The number of hydrogen-bond acceptors (Lipinski definition) is 4. The first-order valence-electron chi connectivity index (χ1n) is 9.19. The van der Waals surface area contributed by atoms with Gasteiger partial charge in [0.15, 0.2) is 0 Å². The molecule has 0 saturated carbocycles. The fourth-order valence-electron chi connectivity index (χ4n) is 3.50. The summed E-state index contributed by atoms with van der Waals surface area (Å²) in [6.07, 6.45) is 8.53. The van der Waals surface area contributed by atoms with Gasteiger partial charge >= 0.3 is 6.09 Å². The summed E-state index contributed by atoms with van der Waals surface area (Å²) in [5.74, 6) is 0.497. The molecule has 1 heterocycles. The molecule has 1 aromatic heterocycles. The summed E-state index contributed by atoms with van der Waals surface area (Å²) in [4.78, 5) is 15.5. The van der Waals surface area contributed by atoms with Crippen LogP contribution >= 0.6 is 0 Å². The van der Waals surface area contributed by atoms with Gasteiger partial charge in [-0.15, -0.1) is 0 Å². The number of hydrogen-bond donors (Lipinski definition) is 2. The van der Waals surface area contributed by atoms with Crippen molar-refractivity contribution in [2.24, 2.45) is 11.7 Å². The minimum absolute atomic E-state index is 0.0560. The molecule has 1 aliphatic carbocycles. The van der Waals surface area contributed by atoms with Crippen molar-refractivity contribution in [3.63, 3.8) is 0 Å². The van der Waals surface area contributed by atoms with Crippen molar-refractivity contribution in [1.82, 2.24) is 10.3 Å². The van der Waals surface area contributed by atoms with E-state index in [-0.39, 0.29) is 6.10 Å². The van der Waals surface area contributed by atoms with E-state index >= 15 is 0 Å². The molecular formula is C19H31N3O2. The van der Waals surface area contributed by atoms with E-state index in [1.54, 1.807) is 0 Å². The average molecular weight is 333 g/mol. The minimum atomic E-state index is -0.663. The standard InChI is InChI=1S/C19H31N3O2/c1-14(2)13-16(24-19(20)23)9-3-4-11-21-17-10-5-7-15-8-6-12-22-18(15)17/h6,8,12,14,16-17,21H,3-5,7,9-11,13H2,1-2H3,(H2,20,23). The normalized spacial score (nSPS) is 18.2. The number of aryl methyl sites for hydroxylation is 1. The van der Waals surface area contributed by atoms with E-state index in [9.17, 15) is 4.79 Å². The third kappa shape index (κ3) is 6.11. The van der Waals surface area contributed by atoms with Crippen molar-refractivity contribution in [2.75, 3.05) is 6.54 Å². The minimum Gasteiger partial charge on any atom is -0.446 e. The number of aromatic nitrogens is 1. The van der Waals surface area contributed by atoms with Gasteiger partial charge in [0.05, 0.1) is 5.69 Å². The zero-order valence-corrected chi connectivity index (χ0v) is 15.0. The average Bonchev–Trinajstić information content (AvgIpc) is 2.53. The Labute approximate surface area is 145 Å². The fraction of sp³-hybridized carbons (Fsp3) is 0.684. The molecule has 2 atom stereocenters. The maximum Gasteiger partial charge on any atom is 0.404 e. The van der Waals surface area contributed by atoms with Crippen molar-refractivity contribution in [2.45, 2.75) is 70.9 Å². The summed E-state index contributed by atoms with van der Waals surface area (Å²) in [7, 11) is 0. The van der Waals surface area contributed by atoms with E-state index in [0.29, 0.717) is 12.0 Å². The molecule has 2 rings (SSSR count). The molecule has 0 radical (unpaired) electrons. The lowest BCUT2D eigenvalue weighted by atomic mass is 9.92. The van der Waals surface area contributed by atoms with Crippen LogP contribution in [0.4, 0.5) is 4.79 Å².